The van der Waals surface area contributed by atoms with E-state index >= 15 is 0 Å². The summed E-state index contributed by atoms with van der Waals surface area (Å²) in [6.07, 6.45) is 0. The van der Waals surface area contributed by atoms with Crippen LogP contribution < -0.4 is 10.5 Å². The number of aromatic hydroxyl groups is 1. The molecule has 0 bridgehead atoms. The monoisotopic (exact) mass is 392 g/mol. The Labute approximate surface area is 152 Å². The predicted octanol–water partition coefficient (Wildman–Crippen LogP) is 4.53. The van der Waals surface area contributed by atoms with Crippen LogP contribution >= 0.6 is 15.9 Å². The fraction of sp³-hybridized carbons (Fsp3) is 0.0500. The minimum absolute atomic E-state index is 0.0655. The minimum Gasteiger partial charge on any atom is -0.507 e. The van der Waals surface area contributed by atoms with Crippen LogP contribution in [0, 0.1) is 11.3 Å². The van der Waals surface area contributed by atoms with Crippen molar-refractivity contribution in [3.63, 3.8) is 0 Å². The van der Waals surface area contributed by atoms with Crippen LogP contribution in [0.2, 0.25) is 0 Å². The van der Waals surface area contributed by atoms with E-state index in [1.165, 1.54) is 0 Å². The maximum atomic E-state index is 10.7. The summed E-state index contributed by atoms with van der Waals surface area (Å²) >= 11 is 3.46. The van der Waals surface area contributed by atoms with Gasteiger partial charge >= 0.3 is 0 Å². The van der Waals surface area contributed by atoms with E-state index in [9.17, 15) is 10.4 Å². The molecule has 3 N–H and O–H groups in total. The molecule has 122 valence electrons. The summed E-state index contributed by atoms with van der Waals surface area (Å²) in [4.78, 5) is 0. The lowest BCUT2D eigenvalue weighted by Crippen LogP contribution is -2.21. The van der Waals surface area contributed by atoms with Gasteiger partial charge in [-0.25, -0.2) is 0 Å². The highest BCUT2D eigenvalue weighted by Gasteiger charge is 2.34. The molecule has 25 heavy (non-hydrogen) atoms. The van der Waals surface area contributed by atoms with Crippen molar-refractivity contribution in [2.75, 3.05) is 0 Å². The van der Waals surface area contributed by atoms with Gasteiger partial charge in [0.15, 0.2) is 0 Å². The van der Waals surface area contributed by atoms with Crippen LogP contribution in [0.3, 0.4) is 0 Å². The lowest BCUT2D eigenvalue weighted by Gasteiger charge is -2.28. The molecular weight excluding hydrogens is 380 g/mol. The maximum absolute atomic E-state index is 10.7. The zero-order valence-corrected chi connectivity index (χ0v) is 14.6. The molecule has 0 amide bonds. The van der Waals surface area contributed by atoms with Crippen molar-refractivity contribution in [3.8, 4) is 17.6 Å². The summed E-state index contributed by atoms with van der Waals surface area (Å²) in [5, 5.41) is 22.0. The Hall–Kier alpha value is -2.97. The Bertz CT molecular complexity index is 1080. The summed E-state index contributed by atoms with van der Waals surface area (Å²) in [7, 11) is 0. The SMILES string of the molecule is N#CC1=C(N)Oc2c(c(O)cc3ccccc23)[C@@H]1c1cccc(Br)c1. The first-order valence-electron chi connectivity index (χ1n) is 7.68. The van der Waals surface area contributed by atoms with E-state index in [-0.39, 0.29) is 17.2 Å². The van der Waals surface area contributed by atoms with Crippen LogP contribution in [0.15, 0.2) is 70.5 Å². The lowest BCUT2D eigenvalue weighted by atomic mass is 9.82. The number of hydrogen-bond donors (Lipinski definition) is 2. The number of ether oxygens (including phenoxy) is 1. The largest absolute Gasteiger partial charge is 0.507 e. The molecular formula is C20H13BrN2O2. The third kappa shape index (κ3) is 2.43. The van der Waals surface area contributed by atoms with Crippen LogP contribution in [-0.2, 0) is 0 Å². The summed E-state index contributed by atoms with van der Waals surface area (Å²) < 4.78 is 6.66. The molecule has 1 aliphatic rings. The third-order valence-electron chi connectivity index (χ3n) is 4.38. The van der Waals surface area contributed by atoms with Gasteiger partial charge in [-0.1, -0.05) is 52.3 Å². The Balaban J connectivity index is 2.08. The molecule has 0 spiro atoms. The van der Waals surface area contributed by atoms with E-state index in [1.54, 1.807) is 6.07 Å². The molecule has 0 saturated carbocycles. The van der Waals surface area contributed by atoms with Gasteiger partial charge in [0.25, 0.3) is 0 Å². The number of phenols is 1. The van der Waals surface area contributed by atoms with Crippen molar-refractivity contribution in [1.29, 1.82) is 5.26 Å². The minimum atomic E-state index is -0.490. The lowest BCUT2D eigenvalue weighted by molar-refractivity contribution is 0.387. The van der Waals surface area contributed by atoms with E-state index < -0.39 is 5.92 Å². The first-order valence-corrected chi connectivity index (χ1v) is 8.47. The summed E-state index contributed by atoms with van der Waals surface area (Å²) in [5.74, 6) is 0.155. The van der Waals surface area contributed by atoms with Gasteiger partial charge in [0.05, 0.1) is 11.5 Å². The van der Waals surface area contributed by atoms with E-state index in [0.29, 0.717) is 11.3 Å². The number of allylic oxidation sites excluding steroid dienone is 1. The second-order valence-corrected chi connectivity index (χ2v) is 6.76. The van der Waals surface area contributed by atoms with Gasteiger partial charge < -0.3 is 15.6 Å². The first kappa shape index (κ1) is 15.6. The highest BCUT2D eigenvalue weighted by atomic mass is 79.9. The van der Waals surface area contributed by atoms with Crippen molar-refractivity contribution in [2.45, 2.75) is 5.92 Å². The number of hydrogen-bond acceptors (Lipinski definition) is 4. The van der Waals surface area contributed by atoms with Gasteiger partial charge in [-0.15, -0.1) is 0 Å². The standard InChI is InChI=1S/C20H13BrN2O2/c21-13-6-3-5-12(8-13)17-15(10-22)20(23)25-19-14-7-2-1-4-11(14)9-16(24)18(17)19/h1-9,17,24H,23H2/t17-/m1/s1. The van der Waals surface area contributed by atoms with Crippen molar-refractivity contribution in [2.24, 2.45) is 5.73 Å². The average Bonchev–Trinajstić information content (AvgIpc) is 2.60. The van der Waals surface area contributed by atoms with Crippen molar-refractivity contribution >= 4 is 26.7 Å². The molecule has 3 aromatic carbocycles. The van der Waals surface area contributed by atoms with E-state index in [1.807, 2.05) is 48.5 Å². The molecule has 1 heterocycles. The van der Waals surface area contributed by atoms with Gasteiger partial charge in [0, 0.05) is 9.86 Å². The molecule has 4 rings (SSSR count). The highest BCUT2D eigenvalue weighted by molar-refractivity contribution is 9.10. The van der Waals surface area contributed by atoms with Crippen LogP contribution in [0.4, 0.5) is 0 Å². The normalized spacial score (nSPS) is 16.2. The van der Waals surface area contributed by atoms with E-state index in [4.69, 9.17) is 10.5 Å². The first-order chi connectivity index (χ1) is 12.1. The number of benzene rings is 3. The van der Waals surface area contributed by atoms with Gasteiger partial charge in [-0.2, -0.15) is 5.26 Å². The molecule has 1 aliphatic heterocycles. The quantitative estimate of drug-likeness (QED) is 0.637. The third-order valence-corrected chi connectivity index (χ3v) is 4.87. The number of rotatable bonds is 1. The molecule has 1 atom stereocenters. The number of halogens is 1. The molecule has 4 nitrogen and oxygen atoms in total. The number of nitriles is 1. The summed E-state index contributed by atoms with van der Waals surface area (Å²) in [5.41, 5.74) is 7.75. The zero-order chi connectivity index (χ0) is 17.6. The van der Waals surface area contributed by atoms with Gasteiger partial charge in [0.1, 0.15) is 23.1 Å². The highest BCUT2D eigenvalue weighted by Crippen LogP contribution is 2.49. The molecule has 0 radical (unpaired) electrons. The number of nitrogens with zero attached hydrogens (tertiary/aromatic N) is 1. The number of phenolic OH excluding ortho intramolecular Hbond substituents is 1. The molecule has 5 heteroatoms. The van der Waals surface area contributed by atoms with Crippen LogP contribution in [0.25, 0.3) is 10.8 Å². The van der Waals surface area contributed by atoms with Crippen LogP contribution in [0.1, 0.15) is 17.0 Å². The molecule has 3 aromatic rings. The fourth-order valence-corrected chi connectivity index (χ4v) is 3.71. The Morgan fingerprint density at radius 2 is 1.92 bits per heavy atom. The van der Waals surface area contributed by atoms with E-state index in [0.717, 1.165) is 20.8 Å². The Morgan fingerprint density at radius 1 is 1.12 bits per heavy atom. The van der Waals surface area contributed by atoms with E-state index in [2.05, 4.69) is 22.0 Å². The maximum Gasteiger partial charge on any atom is 0.205 e. The van der Waals surface area contributed by atoms with Crippen molar-refractivity contribution < 1.29 is 9.84 Å². The Kier molecular flexibility index (Phi) is 3.63. The van der Waals surface area contributed by atoms with Crippen molar-refractivity contribution in [1.82, 2.24) is 0 Å². The van der Waals surface area contributed by atoms with Crippen LogP contribution in [-0.4, -0.2) is 5.11 Å². The summed E-state index contributed by atoms with van der Waals surface area (Å²) in [6.45, 7) is 0. The van der Waals surface area contributed by atoms with Gasteiger partial charge in [-0.3, -0.25) is 0 Å². The zero-order valence-electron chi connectivity index (χ0n) is 13.0. The molecule has 0 aliphatic carbocycles. The van der Waals surface area contributed by atoms with Crippen LogP contribution in [0.5, 0.6) is 11.5 Å². The molecule has 0 saturated heterocycles. The van der Waals surface area contributed by atoms with Crippen molar-refractivity contribution in [3.05, 3.63) is 81.7 Å². The molecule has 0 aromatic heterocycles. The second-order valence-electron chi connectivity index (χ2n) is 5.84. The summed E-state index contributed by atoms with van der Waals surface area (Å²) in [6, 6.07) is 19.0. The predicted molar refractivity (Wildman–Crippen MR) is 99.1 cm³/mol. The number of fused-ring (bicyclic) bond motifs is 3. The number of nitrogens with two attached hydrogens (primary N) is 1. The molecule has 0 unspecified atom stereocenters. The van der Waals surface area contributed by atoms with Gasteiger partial charge in [-0.05, 0) is 29.1 Å². The smallest absolute Gasteiger partial charge is 0.205 e. The molecule has 0 fully saturated rings. The fourth-order valence-electron chi connectivity index (χ4n) is 3.30. The van der Waals surface area contributed by atoms with Gasteiger partial charge in [0.2, 0.25) is 5.88 Å². The Morgan fingerprint density at radius 3 is 2.68 bits per heavy atom. The topological polar surface area (TPSA) is 79.3 Å². The average molecular weight is 393 g/mol. The second kappa shape index (κ2) is 5.83.